The third kappa shape index (κ3) is 2.96. The molecule has 0 bridgehead atoms. The van der Waals surface area contributed by atoms with E-state index in [1.54, 1.807) is 0 Å². The minimum atomic E-state index is -0.382. The zero-order chi connectivity index (χ0) is 12.6. The summed E-state index contributed by atoms with van der Waals surface area (Å²) < 4.78 is 0.995. The van der Waals surface area contributed by atoms with Gasteiger partial charge in [0.25, 0.3) is 5.56 Å². The summed E-state index contributed by atoms with van der Waals surface area (Å²) in [5.41, 5.74) is 7.08. The number of nitrogens with two attached hydrogens (primary N) is 1. The van der Waals surface area contributed by atoms with E-state index in [1.165, 1.54) is 0 Å². The normalized spacial score (nSPS) is 12.0. The van der Waals surface area contributed by atoms with Crippen molar-refractivity contribution in [2.24, 2.45) is 5.73 Å². The molecule has 4 heteroatoms. The number of nitrogens with one attached hydrogen (secondary N) is 1. The molecule has 1 heterocycles. The SMILES string of the molecule is CC(C)(N)Cc1cc2cc(Br)ccc2[nH]c1=O. The first-order chi connectivity index (χ1) is 7.85. The Morgan fingerprint density at radius 2 is 2.06 bits per heavy atom. The molecule has 0 saturated carbocycles. The largest absolute Gasteiger partial charge is 0.325 e. The van der Waals surface area contributed by atoms with Crippen molar-refractivity contribution < 1.29 is 0 Å². The van der Waals surface area contributed by atoms with Gasteiger partial charge in [-0.05, 0) is 49.9 Å². The Balaban J connectivity index is 2.58. The molecule has 0 aliphatic carbocycles. The quantitative estimate of drug-likeness (QED) is 0.894. The predicted octanol–water partition coefficient (Wildman–Crippen LogP) is 2.57. The summed E-state index contributed by atoms with van der Waals surface area (Å²) >= 11 is 3.42. The van der Waals surface area contributed by atoms with E-state index in [0.29, 0.717) is 6.42 Å². The van der Waals surface area contributed by atoms with Crippen molar-refractivity contribution >= 4 is 26.8 Å². The zero-order valence-corrected chi connectivity index (χ0v) is 11.5. The van der Waals surface area contributed by atoms with Crippen LogP contribution in [-0.2, 0) is 6.42 Å². The number of H-pyrrole nitrogens is 1. The van der Waals surface area contributed by atoms with Crippen LogP contribution in [0, 0.1) is 0 Å². The van der Waals surface area contributed by atoms with E-state index in [1.807, 2.05) is 38.1 Å². The molecule has 0 aliphatic heterocycles. The monoisotopic (exact) mass is 294 g/mol. The van der Waals surface area contributed by atoms with Gasteiger partial charge in [0.2, 0.25) is 0 Å². The Labute approximate surface area is 108 Å². The van der Waals surface area contributed by atoms with Gasteiger partial charge in [0.05, 0.1) is 0 Å². The molecular formula is C13H15BrN2O. The van der Waals surface area contributed by atoms with Crippen LogP contribution in [0.4, 0.5) is 0 Å². The molecule has 1 aromatic heterocycles. The van der Waals surface area contributed by atoms with Crippen molar-refractivity contribution in [1.29, 1.82) is 0 Å². The molecule has 1 aromatic carbocycles. The molecule has 0 unspecified atom stereocenters. The van der Waals surface area contributed by atoms with Gasteiger partial charge in [-0.15, -0.1) is 0 Å². The van der Waals surface area contributed by atoms with Gasteiger partial charge in [-0.2, -0.15) is 0 Å². The van der Waals surface area contributed by atoms with Crippen LogP contribution in [0.25, 0.3) is 10.9 Å². The number of benzene rings is 1. The third-order valence-electron chi connectivity index (χ3n) is 2.53. The highest BCUT2D eigenvalue weighted by Gasteiger charge is 2.14. The minimum Gasteiger partial charge on any atom is -0.325 e. The van der Waals surface area contributed by atoms with Gasteiger partial charge in [-0.25, -0.2) is 0 Å². The molecule has 3 N–H and O–H groups in total. The fourth-order valence-electron chi connectivity index (χ4n) is 1.84. The standard InChI is InChI=1S/C13H15BrN2O/c1-13(2,15)7-9-5-8-6-10(14)3-4-11(8)16-12(9)17/h3-6H,7,15H2,1-2H3,(H,16,17). The van der Waals surface area contributed by atoms with Crippen LogP contribution in [-0.4, -0.2) is 10.5 Å². The maximum Gasteiger partial charge on any atom is 0.251 e. The molecule has 3 nitrogen and oxygen atoms in total. The van der Waals surface area contributed by atoms with Gasteiger partial charge in [0.15, 0.2) is 0 Å². The number of rotatable bonds is 2. The number of pyridine rings is 1. The lowest BCUT2D eigenvalue weighted by molar-refractivity contribution is 0.514. The Morgan fingerprint density at radius 3 is 2.71 bits per heavy atom. The maximum absolute atomic E-state index is 11.9. The van der Waals surface area contributed by atoms with E-state index in [2.05, 4.69) is 20.9 Å². The van der Waals surface area contributed by atoms with Crippen LogP contribution in [0.15, 0.2) is 33.5 Å². The van der Waals surface area contributed by atoms with Gasteiger partial charge in [0, 0.05) is 21.1 Å². The molecule has 0 spiro atoms. The van der Waals surface area contributed by atoms with Crippen molar-refractivity contribution in [2.45, 2.75) is 25.8 Å². The highest BCUT2D eigenvalue weighted by molar-refractivity contribution is 9.10. The summed E-state index contributed by atoms with van der Waals surface area (Å²) in [6, 6.07) is 7.69. The minimum absolute atomic E-state index is 0.0571. The first kappa shape index (κ1) is 12.3. The molecule has 17 heavy (non-hydrogen) atoms. The summed E-state index contributed by atoms with van der Waals surface area (Å²) in [5.74, 6) is 0. The lowest BCUT2D eigenvalue weighted by Crippen LogP contribution is -2.36. The molecule has 2 aromatic rings. The van der Waals surface area contributed by atoms with Gasteiger partial charge in [-0.3, -0.25) is 4.79 Å². The van der Waals surface area contributed by atoms with E-state index >= 15 is 0 Å². The van der Waals surface area contributed by atoms with Crippen LogP contribution < -0.4 is 11.3 Å². The zero-order valence-electron chi connectivity index (χ0n) is 9.88. The van der Waals surface area contributed by atoms with Crippen molar-refractivity contribution in [2.75, 3.05) is 0 Å². The van der Waals surface area contributed by atoms with E-state index in [0.717, 1.165) is 20.9 Å². The van der Waals surface area contributed by atoms with Gasteiger partial charge in [0.1, 0.15) is 0 Å². The first-order valence-electron chi connectivity index (χ1n) is 5.45. The van der Waals surface area contributed by atoms with Crippen molar-refractivity contribution in [3.8, 4) is 0 Å². The highest BCUT2D eigenvalue weighted by Crippen LogP contribution is 2.18. The predicted molar refractivity (Wildman–Crippen MR) is 74.2 cm³/mol. The smallest absolute Gasteiger partial charge is 0.251 e. The third-order valence-corrected chi connectivity index (χ3v) is 3.02. The molecule has 0 amide bonds. The topological polar surface area (TPSA) is 58.9 Å². The average molecular weight is 295 g/mol. The number of aromatic amines is 1. The first-order valence-corrected chi connectivity index (χ1v) is 6.25. The molecule has 2 rings (SSSR count). The van der Waals surface area contributed by atoms with E-state index in [9.17, 15) is 4.79 Å². The summed E-state index contributed by atoms with van der Waals surface area (Å²) in [6.45, 7) is 3.83. The van der Waals surface area contributed by atoms with Crippen molar-refractivity contribution in [3.63, 3.8) is 0 Å². The summed E-state index contributed by atoms with van der Waals surface area (Å²) in [5, 5.41) is 1.01. The summed E-state index contributed by atoms with van der Waals surface area (Å²) in [6.07, 6.45) is 0.560. The number of hydrogen-bond acceptors (Lipinski definition) is 2. The Bertz CT molecular complexity index is 611. The number of fused-ring (bicyclic) bond motifs is 1. The fraction of sp³-hybridized carbons (Fsp3) is 0.308. The van der Waals surface area contributed by atoms with Crippen LogP contribution in [0.3, 0.4) is 0 Å². The second-order valence-electron chi connectivity index (χ2n) is 5.02. The number of hydrogen-bond donors (Lipinski definition) is 2. The van der Waals surface area contributed by atoms with Crippen LogP contribution in [0.2, 0.25) is 0 Å². The highest BCUT2D eigenvalue weighted by atomic mass is 79.9. The molecular weight excluding hydrogens is 280 g/mol. The van der Waals surface area contributed by atoms with Crippen LogP contribution >= 0.6 is 15.9 Å². The number of halogens is 1. The van der Waals surface area contributed by atoms with Crippen molar-refractivity contribution in [3.05, 3.63) is 44.7 Å². The Hall–Kier alpha value is -1.13. The fourth-order valence-corrected chi connectivity index (χ4v) is 2.22. The van der Waals surface area contributed by atoms with Crippen molar-refractivity contribution in [1.82, 2.24) is 4.98 Å². The Morgan fingerprint density at radius 1 is 1.35 bits per heavy atom. The lowest BCUT2D eigenvalue weighted by atomic mass is 9.96. The van der Waals surface area contributed by atoms with E-state index < -0.39 is 0 Å². The second kappa shape index (κ2) is 4.27. The summed E-state index contributed by atoms with van der Waals surface area (Å²) in [4.78, 5) is 14.7. The Kier molecular flexibility index (Phi) is 3.10. The molecule has 0 aliphatic rings. The average Bonchev–Trinajstić information content (AvgIpc) is 2.17. The molecule has 0 saturated heterocycles. The van der Waals surface area contributed by atoms with Crippen LogP contribution in [0.1, 0.15) is 19.4 Å². The van der Waals surface area contributed by atoms with Crippen LogP contribution in [0.5, 0.6) is 0 Å². The number of aromatic nitrogens is 1. The molecule has 90 valence electrons. The summed E-state index contributed by atoms with van der Waals surface area (Å²) in [7, 11) is 0. The van der Waals surface area contributed by atoms with E-state index in [4.69, 9.17) is 5.73 Å². The van der Waals surface area contributed by atoms with E-state index in [-0.39, 0.29) is 11.1 Å². The maximum atomic E-state index is 11.9. The van der Waals surface area contributed by atoms with Gasteiger partial charge in [-0.1, -0.05) is 15.9 Å². The second-order valence-corrected chi connectivity index (χ2v) is 5.94. The molecule has 0 radical (unpaired) electrons. The van der Waals surface area contributed by atoms with Gasteiger partial charge < -0.3 is 10.7 Å². The lowest BCUT2D eigenvalue weighted by Gasteiger charge is -2.17. The molecule has 0 fully saturated rings. The van der Waals surface area contributed by atoms with Gasteiger partial charge >= 0.3 is 0 Å². The molecule has 0 atom stereocenters.